The van der Waals surface area contributed by atoms with E-state index in [1.165, 1.54) is 24.0 Å². The third-order valence-electron chi connectivity index (χ3n) is 5.88. The molecule has 0 fully saturated rings. The lowest BCUT2D eigenvalue weighted by atomic mass is 9.78. The van der Waals surface area contributed by atoms with Crippen molar-refractivity contribution in [1.29, 1.82) is 0 Å². The van der Waals surface area contributed by atoms with Crippen molar-refractivity contribution in [3.05, 3.63) is 57.6 Å². The Morgan fingerprint density at radius 3 is 1.25 bits per heavy atom. The van der Waals surface area contributed by atoms with Gasteiger partial charge in [0.25, 0.3) is 0 Å². The molecule has 0 spiro atoms. The molecule has 2 rings (SSSR count). The van der Waals surface area contributed by atoms with Crippen molar-refractivity contribution in [3.8, 4) is 11.5 Å². The van der Waals surface area contributed by atoms with Crippen LogP contribution in [0.15, 0.2) is 24.3 Å². The summed E-state index contributed by atoms with van der Waals surface area (Å²) in [5.41, 5.74) is 6.80. The van der Waals surface area contributed by atoms with Crippen LogP contribution in [0.1, 0.15) is 114 Å². The van der Waals surface area contributed by atoms with E-state index in [1.54, 1.807) is 0 Å². The molecule has 2 aromatic carbocycles. The van der Waals surface area contributed by atoms with Crippen LogP contribution in [0.5, 0.6) is 11.5 Å². The van der Waals surface area contributed by atoms with Crippen molar-refractivity contribution in [1.82, 2.24) is 0 Å². The lowest BCUT2D eigenvalue weighted by molar-refractivity contribution is 0.423. The Hall–Kier alpha value is -1.96. The largest absolute Gasteiger partial charge is 0.507 e. The number of rotatable bonds is 6. The highest BCUT2D eigenvalue weighted by Crippen LogP contribution is 2.39. The van der Waals surface area contributed by atoms with Crippen LogP contribution >= 0.6 is 0 Å². The first-order valence-electron chi connectivity index (χ1n) is 12.4. The third kappa shape index (κ3) is 8.19. The Morgan fingerprint density at radius 1 is 0.594 bits per heavy atom. The highest BCUT2D eigenvalue weighted by molar-refractivity contribution is 5.49. The second-order valence-corrected chi connectivity index (χ2v) is 11.3. The standard InChI is InChI=1S/2C15H24O/c1-10-8-11(14(2,3)4)13(16)12(9-10)15(5,6)7;1-4-6-8-13-10-12(3)11-14(15(13)16)9-7-5-2/h8-9,16H,1-7H3;10-11,16H,4-9H2,1-3H3. The lowest BCUT2D eigenvalue weighted by Gasteiger charge is -2.27. The summed E-state index contributed by atoms with van der Waals surface area (Å²) in [7, 11) is 0. The molecule has 0 aliphatic heterocycles. The van der Waals surface area contributed by atoms with Crippen molar-refractivity contribution in [3.63, 3.8) is 0 Å². The Bertz CT molecular complexity index is 799. The van der Waals surface area contributed by atoms with Crippen LogP contribution in [-0.4, -0.2) is 10.2 Å². The molecule has 0 saturated carbocycles. The summed E-state index contributed by atoms with van der Waals surface area (Å²) in [6.45, 7) is 21.4. The number of unbranched alkanes of at least 4 members (excludes halogenated alkanes) is 2. The molecule has 2 heteroatoms. The molecule has 180 valence electrons. The molecule has 2 N–H and O–H groups in total. The number of phenolic OH excluding ortho intramolecular Hbond substituents is 2. The van der Waals surface area contributed by atoms with Crippen LogP contribution in [0.3, 0.4) is 0 Å². The molecular formula is C30H48O2. The fourth-order valence-corrected chi connectivity index (χ4v) is 3.97. The van der Waals surface area contributed by atoms with E-state index in [1.807, 2.05) is 0 Å². The van der Waals surface area contributed by atoms with Gasteiger partial charge in [-0.3, -0.25) is 0 Å². The summed E-state index contributed by atoms with van der Waals surface area (Å²) in [5.74, 6) is 1.01. The first-order valence-corrected chi connectivity index (χ1v) is 12.4. The van der Waals surface area contributed by atoms with Crippen LogP contribution < -0.4 is 0 Å². The number of hydrogen-bond acceptors (Lipinski definition) is 2. The van der Waals surface area contributed by atoms with Crippen molar-refractivity contribution in [2.24, 2.45) is 0 Å². The first-order chi connectivity index (χ1) is 14.7. The molecule has 0 saturated heterocycles. The van der Waals surface area contributed by atoms with E-state index < -0.39 is 0 Å². The Labute approximate surface area is 198 Å². The highest BCUT2D eigenvalue weighted by Gasteiger charge is 2.25. The fraction of sp³-hybridized carbons (Fsp3) is 0.600. The van der Waals surface area contributed by atoms with E-state index in [9.17, 15) is 10.2 Å². The number of hydrogen-bond donors (Lipinski definition) is 2. The van der Waals surface area contributed by atoms with Gasteiger partial charge in [0.1, 0.15) is 11.5 Å². The molecule has 2 aromatic rings. The average Bonchev–Trinajstić information content (AvgIpc) is 2.67. The van der Waals surface area contributed by atoms with Crippen LogP contribution in [0.2, 0.25) is 0 Å². The van der Waals surface area contributed by atoms with Crippen LogP contribution in [0, 0.1) is 13.8 Å². The van der Waals surface area contributed by atoms with Gasteiger partial charge in [-0.2, -0.15) is 0 Å². The summed E-state index contributed by atoms with van der Waals surface area (Å²) in [6, 6.07) is 8.43. The number of phenols is 2. The molecule has 0 amide bonds. The van der Waals surface area contributed by atoms with Crippen molar-refractivity contribution in [2.75, 3.05) is 0 Å². The van der Waals surface area contributed by atoms with Gasteiger partial charge in [-0.05, 0) is 72.6 Å². The maximum atomic E-state index is 10.4. The molecule has 0 radical (unpaired) electrons. The maximum Gasteiger partial charge on any atom is 0.123 e. The quantitative estimate of drug-likeness (QED) is 0.471. The zero-order valence-electron chi connectivity index (χ0n) is 22.4. The molecule has 32 heavy (non-hydrogen) atoms. The molecular weight excluding hydrogens is 392 g/mol. The van der Waals surface area contributed by atoms with E-state index in [-0.39, 0.29) is 10.8 Å². The first kappa shape index (κ1) is 28.1. The van der Waals surface area contributed by atoms with Gasteiger partial charge in [-0.25, -0.2) is 0 Å². The van der Waals surface area contributed by atoms with E-state index >= 15 is 0 Å². The van der Waals surface area contributed by atoms with Gasteiger partial charge in [-0.15, -0.1) is 0 Å². The summed E-state index contributed by atoms with van der Waals surface area (Å²) < 4.78 is 0. The van der Waals surface area contributed by atoms with E-state index in [0.717, 1.165) is 47.9 Å². The summed E-state index contributed by atoms with van der Waals surface area (Å²) >= 11 is 0. The predicted molar refractivity (Wildman–Crippen MR) is 140 cm³/mol. The Balaban J connectivity index is 0.000000320. The van der Waals surface area contributed by atoms with Crippen molar-refractivity contribution in [2.45, 2.75) is 119 Å². The van der Waals surface area contributed by atoms with E-state index in [0.29, 0.717) is 11.5 Å². The van der Waals surface area contributed by atoms with Crippen LogP contribution in [-0.2, 0) is 23.7 Å². The van der Waals surface area contributed by atoms with Gasteiger partial charge in [0.05, 0.1) is 0 Å². The van der Waals surface area contributed by atoms with Crippen molar-refractivity contribution < 1.29 is 10.2 Å². The number of benzene rings is 2. The van der Waals surface area contributed by atoms with E-state index in [2.05, 4.69) is 93.5 Å². The summed E-state index contributed by atoms with van der Waals surface area (Å²) in [5, 5.41) is 20.6. The monoisotopic (exact) mass is 440 g/mol. The maximum absolute atomic E-state index is 10.4. The number of aromatic hydroxyl groups is 2. The minimum Gasteiger partial charge on any atom is -0.507 e. The normalized spacial score (nSPS) is 11.8. The molecule has 0 aliphatic rings. The van der Waals surface area contributed by atoms with Gasteiger partial charge in [-0.1, -0.05) is 104 Å². The van der Waals surface area contributed by atoms with Crippen molar-refractivity contribution >= 4 is 0 Å². The predicted octanol–water partition coefficient (Wildman–Crippen LogP) is 8.68. The van der Waals surface area contributed by atoms with Gasteiger partial charge in [0.2, 0.25) is 0 Å². The summed E-state index contributed by atoms with van der Waals surface area (Å²) in [4.78, 5) is 0. The zero-order valence-corrected chi connectivity index (χ0v) is 22.4. The van der Waals surface area contributed by atoms with E-state index in [4.69, 9.17) is 0 Å². The molecule has 0 aromatic heterocycles. The minimum atomic E-state index is -0.0178. The third-order valence-corrected chi connectivity index (χ3v) is 5.88. The fourth-order valence-electron chi connectivity index (χ4n) is 3.97. The zero-order chi connectivity index (χ0) is 24.7. The second-order valence-electron chi connectivity index (χ2n) is 11.3. The smallest absolute Gasteiger partial charge is 0.123 e. The van der Waals surface area contributed by atoms with Crippen LogP contribution in [0.4, 0.5) is 0 Å². The highest BCUT2D eigenvalue weighted by atomic mass is 16.3. The number of aryl methyl sites for hydroxylation is 4. The Kier molecular flexibility index (Phi) is 10.3. The van der Waals surface area contributed by atoms with Crippen LogP contribution in [0.25, 0.3) is 0 Å². The SMILES string of the molecule is CCCCc1cc(C)cc(CCCC)c1O.Cc1cc(C(C)(C)C)c(O)c(C(C)(C)C)c1. The van der Waals surface area contributed by atoms with Gasteiger partial charge in [0, 0.05) is 0 Å². The molecule has 0 heterocycles. The molecule has 0 bridgehead atoms. The topological polar surface area (TPSA) is 40.5 Å². The lowest BCUT2D eigenvalue weighted by Crippen LogP contribution is -2.17. The molecule has 2 nitrogen and oxygen atoms in total. The molecule has 0 unspecified atom stereocenters. The molecule has 0 aliphatic carbocycles. The van der Waals surface area contributed by atoms with Gasteiger partial charge in [0.15, 0.2) is 0 Å². The minimum absolute atomic E-state index is 0.0178. The average molecular weight is 441 g/mol. The molecule has 0 atom stereocenters. The van der Waals surface area contributed by atoms with Gasteiger partial charge >= 0.3 is 0 Å². The Morgan fingerprint density at radius 2 is 0.938 bits per heavy atom. The van der Waals surface area contributed by atoms with Gasteiger partial charge < -0.3 is 10.2 Å². The summed E-state index contributed by atoms with van der Waals surface area (Å²) in [6.07, 6.45) is 6.68. The second kappa shape index (κ2) is 11.8.